The summed E-state index contributed by atoms with van der Waals surface area (Å²) < 4.78 is 11.1. The Morgan fingerprint density at radius 3 is 2.78 bits per heavy atom. The van der Waals surface area contributed by atoms with Crippen LogP contribution in [-0.4, -0.2) is 27.2 Å². The van der Waals surface area contributed by atoms with Crippen molar-refractivity contribution in [3.8, 4) is 16.9 Å². The zero-order valence-corrected chi connectivity index (χ0v) is 15.3. The SMILES string of the molecule is COc1cc2c(cc1-c1c(C)noc1C)[nH]c1ncnc(C3=CCC=C3)c12. The van der Waals surface area contributed by atoms with E-state index in [-0.39, 0.29) is 0 Å². The van der Waals surface area contributed by atoms with Crippen LogP contribution in [0.5, 0.6) is 5.75 Å². The summed E-state index contributed by atoms with van der Waals surface area (Å²) in [6.07, 6.45) is 8.95. The lowest BCUT2D eigenvalue weighted by atomic mass is 10.00. The Morgan fingerprint density at radius 1 is 1.19 bits per heavy atom. The molecule has 0 radical (unpaired) electrons. The van der Waals surface area contributed by atoms with Crippen molar-refractivity contribution in [3.05, 3.63) is 53.8 Å². The van der Waals surface area contributed by atoms with E-state index in [0.29, 0.717) is 0 Å². The maximum absolute atomic E-state index is 5.72. The van der Waals surface area contributed by atoms with Gasteiger partial charge >= 0.3 is 0 Å². The average Bonchev–Trinajstić information content (AvgIpc) is 3.39. The van der Waals surface area contributed by atoms with Crippen LogP contribution in [0.1, 0.15) is 23.6 Å². The monoisotopic (exact) mass is 358 g/mol. The third-order valence-corrected chi connectivity index (χ3v) is 5.06. The smallest absolute Gasteiger partial charge is 0.142 e. The highest BCUT2D eigenvalue weighted by Gasteiger charge is 2.20. The van der Waals surface area contributed by atoms with Crippen LogP contribution in [0.15, 0.2) is 41.2 Å². The van der Waals surface area contributed by atoms with Crippen molar-refractivity contribution in [2.75, 3.05) is 7.11 Å². The number of methoxy groups -OCH3 is 1. The van der Waals surface area contributed by atoms with E-state index in [9.17, 15) is 0 Å². The molecule has 134 valence electrons. The first-order valence-corrected chi connectivity index (χ1v) is 8.82. The minimum absolute atomic E-state index is 0.767. The van der Waals surface area contributed by atoms with Crippen molar-refractivity contribution in [1.82, 2.24) is 20.1 Å². The number of hydrogen-bond donors (Lipinski definition) is 1. The number of aryl methyl sites for hydroxylation is 2. The van der Waals surface area contributed by atoms with Crippen molar-refractivity contribution in [1.29, 1.82) is 0 Å². The topological polar surface area (TPSA) is 76.8 Å². The molecule has 0 atom stereocenters. The van der Waals surface area contributed by atoms with Crippen LogP contribution in [-0.2, 0) is 0 Å². The molecule has 6 heteroatoms. The molecule has 4 aromatic rings. The Labute approximate surface area is 155 Å². The van der Waals surface area contributed by atoms with Crippen LogP contribution in [0, 0.1) is 13.8 Å². The molecule has 1 N–H and O–H groups in total. The molecule has 0 aliphatic heterocycles. The van der Waals surface area contributed by atoms with Gasteiger partial charge in [0.25, 0.3) is 0 Å². The van der Waals surface area contributed by atoms with Crippen LogP contribution in [0.3, 0.4) is 0 Å². The Kier molecular flexibility index (Phi) is 3.40. The molecule has 0 saturated carbocycles. The van der Waals surface area contributed by atoms with E-state index in [0.717, 1.165) is 68.0 Å². The fraction of sp³-hybridized carbons (Fsp3) is 0.190. The Morgan fingerprint density at radius 2 is 2.07 bits per heavy atom. The van der Waals surface area contributed by atoms with Gasteiger partial charge in [0.1, 0.15) is 23.5 Å². The van der Waals surface area contributed by atoms with Crippen molar-refractivity contribution < 1.29 is 9.26 Å². The first-order chi connectivity index (χ1) is 13.2. The number of rotatable bonds is 3. The number of benzene rings is 1. The van der Waals surface area contributed by atoms with Crippen LogP contribution in [0.2, 0.25) is 0 Å². The molecule has 5 rings (SSSR count). The van der Waals surface area contributed by atoms with Gasteiger partial charge in [-0.2, -0.15) is 0 Å². The van der Waals surface area contributed by atoms with Gasteiger partial charge in [0, 0.05) is 16.5 Å². The Hall–Kier alpha value is -3.41. The number of nitrogens with one attached hydrogen (secondary N) is 1. The largest absolute Gasteiger partial charge is 0.496 e. The second-order valence-electron chi connectivity index (χ2n) is 6.67. The molecule has 3 heterocycles. The quantitative estimate of drug-likeness (QED) is 0.573. The van der Waals surface area contributed by atoms with Crippen molar-refractivity contribution in [2.45, 2.75) is 20.3 Å². The number of nitrogens with zero attached hydrogens (tertiary/aromatic N) is 3. The lowest BCUT2D eigenvalue weighted by Crippen LogP contribution is -1.91. The van der Waals surface area contributed by atoms with Gasteiger partial charge in [-0.25, -0.2) is 9.97 Å². The van der Waals surface area contributed by atoms with E-state index in [1.54, 1.807) is 13.4 Å². The molecule has 1 aliphatic carbocycles. The molecule has 0 spiro atoms. The van der Waals surface area contributed by atoms with Gasteiger partial charge in [-0.3, -0.25) is 0 Å². The maximum Gasteiger partial charge on any atom is 0.142 e. The Bertz CT molecular complexity index is 1240. The summed E-state index contributed by atoms with van der Waals surface area (Å²) in [5, 5.41) is 6.12. The predicted molar refractivity (Wildman–Crippen MR) is 105 cm³/mol. The molecular weight excluding hydrogens is 340 g/mol. The van der Waals surface area contributed by atoms with E-state index >= 15 is 0 Å². The number of hydrogen-bond acceptors (Lipinski definition) is 5. The molecule has 27 heavy (non-hydrogen) atoms. The van der Waals surface area contributed by atoms with Crippen LogP contribution in [0.25, 0.3) is 38.6 Å². The highest BCUT2D eigenvalue weighted by atomic mass is 16.5. The summed E-state index contributed by atoms with van der Waals surface area (Å²) in [5.41, 5.74) is 6.59. The molecule has 0 saturated heterocycles. The van der Waals surface area contributed by atoms with Crippen molar-refractivity contribution in [2.24, 2.45) is 0 Å². The zero-order valence-electron chi connectivity index (χ0n) is 15.3. The first-order valence-electron chi connectivity index (χ1n) is 8.82. The second-order valence-corrected chi connectivity index (χ2v) is 6.67. The highest BCUT2D eigenvalue weighted by Crippen LogP contribution is 2.40. The van der Waals surface area contributed by atoms with Crippen LogP contribution in [0.4, 0.5) is 0 Å². The summed E-state index contributed by atoms with van der Waals surface area (Å²) >= 11 is 0. The molecule has 0 unspecified atom stereocenters. The molecule has 6 nitrogen and oxygen atoms in total. The standard InChI is InChI=1S/C21H18N4O2/c1-11-18(12(2)27-25-11)15-8-16-14(9-17(15)26-3)19-20(13-6-4-5-7-13)22-10-23-21(19)24-16/h4,6-10H,5H2,1-3H3,(H,22,23,24). The molecule has 3 aromatic heterocycles. The average molecular weight is 358 g/mol. The normalized spacial score (nSPS) is 13.7. The lowest BCUT2D eigenvalue weighted by Gasteiger charge is -2.09. The summed E-state index contributed by atoms with van der Waals surface area (Å²) in [5.74, 6) is 1.53. The van der Waals surface area contributed by atoms with E-state index in [1.165, 1.54) is 0 Å². The van der Waals surface area contributed by atoms with Gasteiger partial charge in [-0.1, -0.05) is 23.4 Å². The highest BCUT2D eigenvalue weighted by molar-refractivity contribution is 6.12. The van der Waals surface area contributed by atoms with Gasteiger partial charge in [0.05, 0.1) is 29.4 Å². The third kappa shape index (κ3) is 2.30. The lowest BCUT2D eigenvalue weighted by molar-refractivity contribution is 0.393. The van der Waals surface area contributed by atoms with Gasteiger partial charge in [0.15, 0.2) is 0 Å². The van der Waals surface area contributed by atoms with Crippen molar-refractivity contribution >= 4 is 27.5 Å². The first kappa shape index (κ1) is 15.8. The molecule has 1 aromatic carbocycles. The number of allylic oxidation sites excluding steroid dienone is 4. The van der Waals surface area contributed by atoms with E-state index in [2.05, 4.69) is 44.4 Å². The van der Waals surface area contributed by atoms with E-state index in [4.69, 9.17) is 9.26 Å². The molecule has 1 aliphatic rings. The number of fused-ring (bicyclic) bond motifs is 3. The maximum atomic E-state index is 5.72. The van der Waals surface area contributed by atoms with Crippen molar-refractivity contribution in [3.63, 3.8) is 0 Å². The van der Waals surface area contributed by atoms with Crippen LogP contribution >= 0.6 is 0 Å². The third-order valence-electron chi connectivity index (χ3n) is 5.06. The predicted octanol–water partition coefficient (Wildman–Crippen LogP) is 4.73. The minimum atomic E-state index is 0.767. The molecule has 0 bridgehead atoms. The molecule has 0 fully saturated rings. The van der Waals surface area contributed by atoms with E-state index < -0.39 is 0 Å². The summed E-state index contributed by atoms with van der Waals surface area (Å²) in [6.45, 7) is 3.84. The number of H-pyrrole nitrogens is 1. The van der Waals surface area contributed by atoms with Gasteiger partial charge in [-0.15, -0.1) is 0 Å². The minimum Gasteiger partial charge on any atom is -0.496 e. The Balaban J connectivity index is 1.84. The van der Waals surface area contributed by atoms with Gasteiger partial charge in [-0.05, 0) is 38.0 Å². The number of aromatic amines is 1. The summed E-state index contributed by atoms with van der Waals surface area (Å²) in [7, 11) is 1.68. The van der Waals surface area contributed by atoms with Gasteiger partial charge in [0.2, 0.25) is 0 Å². The van der Waals surface area contributed by atoms with E-state index in [1.807, 2.05) is 19.9 Å². The van der Waals surface area contributed by atoms with Gasteiger partial charge < -0.3 is 14.2 Å². The number of aromatic nitrogens is 4. The molecular formula is C21H18N4O2. The number of ether oxygens (including phenoxy) is 1. The zero-order chi connectivity index (χ0) is 18.5. The summed E-state index contributed by atoms with van der Waals surface area (Å²) in [4.78, 5) is 12.4. The summed E-state index contributed by atoms with van der Waals surface area (Å²) in [6, 6.07) is 4.12. The van der Waals surface area contributed by atoms with Crippen LogP contribution < -0.4 is 4.74 Å². The molecule has 0 amide bonds. The second kappa shape index (κ2) is 5.81. The fourth-order valence-corrected chi connectivity index (χ4v) is 3.84. The fourth-order valence-electron chi connectivity index (χ4n) is 3.84.